The lowest BCUT2D eigenvalue weighted by Gasteiger charge is -2.33. The summed E-state index contributed by atoms with van der Waals surface area (Å²) < 4.78 is 0. The summed E-state index contributed by atoms with van der Waals surface area (Å²) in [6, 6.07) is 0. The Kier molecular flexibility index (Phi) is 4.89. The summed E-state index contributed by atoms with van der Waals surface area (Å²) in [7, 11) is 0. The third-order valence-corrected chi connectivity index (χ3v) is 3.85. The molecule has 1 unspecified atom stereocenters. The Morgan fingerprint density at radius 1 is 1.52 bits per heavy atom. The van der Waals surface area contributed by atoms with Crippen molar-refractivity contribution >= 4 is 17.3 Å². The highest BCUT2D eigenvalue weighted by Gasteiger charge is 2.30. The van der Waals surface area contributed by atoms with E-state index < -0.39 is 4.92 Å². The van der Waals surface area contributed by atoms with Crippen molar-refractivity contribution in [3.8, 4) is 0 Å². The van der Waals surface area contributed by atoms with Crippen LogP contribution in [0, 0.1) is 16.0 Å². The molecule has 2 rings (SSSR count). The van der Waals surface area contributed by atoms with Gasteiger partial charge in [0.05, 0.1) is 11.0 Å². The van der Waals surface area contributed by atoms with Crippen LogP contribution < -0.4 is 10.2 Å². The lowest BCUT2D eigenvalue weighted by molar-refractivity contribution is -0.383. The standard InChI is InChI=1S/C13H21N5O3/c1-3-14-12-11(18(20)21)13(16-8-15-12)17-6-4-10(5-7-17)9(2)19/h8-10,19H,3-7H2,1-2H3,(H,14,15,16). The van der Waals surface area contributed by atoms with Crippen LogP contribution in [0.25, 0.3) is 0 Å². The fourth-order valence-corrected chi connectivity index (χ4v) is 2.66. The molecule has 0 aromatic carbocycles. The molecular formula is C13H21N5O3. The molecule has 2 heterocycles. The summed E-state index contributed by atoms with van der Waals surface area (Å²) in [5.41, 5.74) is -0.0742. The second-order valence-electron chi connectivity index (χ2n) is 5.25. The molecule has 0 spiro atoms. The molecule has 8 nitrogen and oxygen atoms in total. The van der Waals surface area contributed by atoms with E-state index in [-0.39, 0.29) is 23.5 Å². The van der Waals surface area contributed by atoms with Crippen LogP contribution >= 0.6 is 0 Å². The monoisotopic (exact) mass is 295 g/mol. The number of aromatic nitrogens is 2. The van der Waals surface area contributed by atoms with Gasteiger partial charge in [-0.2, -0.15) is 0 Å². The normalized spacial score (nSPS) is 17.6. The average Bonchev–Trinajstić information content (AvgIpc) is 2.47. The molecule has 21 heavy (non-hydrogen) atoms. The number of rotatable bonds is 5. The summed E-state index contributed by atoms with van der Waals surface area (Å²) in [4.78, 5) is 20.9. The summed E-state index contributed by atoms with van der Waals surface area (Å²) in [6.07, 6.45) is 2.61. The van der Waals surface area contributed by atoms with Crippen molar-refractivity contribution in [2.75, 3.05) is 29.9 Å². The van der Waals surface area contributed by atoms with Crippen molar-refractivity contribution in [1.82, 2.24) is 9.97 Å². The zero-order valence-electron chi connectivity index (χ0n) is 12.3. The number of hydrogen-bond acceptors (Lipinski definition) is 7. The fourth-order valence-electron chi connectivity index (χ4n) is 2.66. The Morgan fingerprint density at radius 2 is 2.19 bits per heavy atom. The number of nitro groups is 1. The summed E-state index contributed by atoms with van der Waals surface area (Å²) >= 11 is 0. The lowest BCUT2D eigenvalue weighted by Crippen LogP contribution is -2.37. The maximum atomic E-state index is 11.4. The highest BCUT2D eigenvalue weighted by molar-refractivity contribution is 5.70. The van der Waals surface area contributed by atoms with Gasteiger partial charge >= 0.3 is 5.69 Å². The lowest BCUT2D eigenvalue weighted by atomic mass is 9.92. The van der Waals surface area contributed by atoms with Crippen LogP contribution in [-0.4, -0.2) is 45.7 Å². The second-order valence-corrected chi connectivity index (χ2v) is 5.25. The Hall–Kier alpha value is -1.96. The van der Waals surface area contributed by atoms with Crippen molar-refractivity contribution in [3.63, 3.8) is 0 Å². The minimum Gasteiger partial charge on any atom is -0.393 e. The molecule has 8 heteroatoms. The van der Waals surface area contributed by atoms with Crippen LogP contribution in [0.1, 0.15) is 26.7 Å². The minimum atomic E-state index is -0.436. The Balaban J connectivity index is 2.24. The highest BCUT2D eigenvalue weighted by atomic mass is 16.6. The molecule has 1 aliphatic rings. The molecular weight excluding hydrogens is 274 g/mol. The fraction of sp³-hybridized carbons (Fsp3) is 0.692. The topological polar surface area (TPSA) is 104 Å². The molecule has 1 atom stereocenters. The molecule has 1 aromatic rings. The maximum absolute atomic E-state index is 11.4. The quantitative estimate of drug-likeness (QED) is 0.625. The van der Waals surface area contributed by atoms with Gasteiger partial charge in [0, 0.05) is 19.6 Å². The van der Waals surface area contributed by atoms with Gasteiger partial charge in [-0.1, -0.05) is 0 Å². The molecule has 0 saturated carbocycles. The van der Waals surface area contributed by atoms with Gasteiger partial charge < -0.3 is 15.3 Å². The van der Waals surface area contributed by atoms with Gasteiger partial charge in [-0.05, 0) is 32.6 Å². The van der Waals surface area contributed by atoms with Crippen LogP contribution in [0.15, 0.2) is 6.33 Å². The van der Waals surface area contributed by atoms with E-state index in [1.54, 1.807) is 6.92 Å². The van der Waals surface area contributed by atoms with Crippen molar-refractivity contribution in [1.29, 1.82) is 0 Å². The van der Waals surface area contributed by atoms with Crippen molar-refractivity contribution in [3.05, 3.63) is 16.4 Å². The predicted molar refractivity (Wildman–Crippen MR) is 79.5 cm³/mol. The summed E-state index contributed by atoms with van der Waals surface area (Å²) in [5.74, 6) is 0.857. The zero-order valence-corrected chi connectivity index (χ0v) is 12.3. The van der Waals surface area contributed by atoms with Crippen LogP contribution in [0.3, 0.4) is 0 Å². The van der Waals surface area contributed by atoms with E-state index in [9.17, 15) is 15.2 Å². The van der Waals surface area contributed by atoms with Crippen LogP contribution in [0.4, 0.5) is 17.3 Å². The molecule has 0 bridgehead atoms. The van der Waals surface area contributed by atoms with Crippen LogP contribution in [0.5, 0.6) is 0 Å². The van der Waals surface area contributed by atoms with Gasteiger partial charge in [0.25, 0.3) is 0 Å². The largest absolute Gasteiger partial charge is 0.393 e. The minimum absolute atomic E-state index is 0.0742. The van der Waals surface area contributed by atoms with E-state index in [1.165, 1.54) is 6.33 Å². The van der Waals surface area contributed by atoms with Gasteiger partial charge in [-0.25, -0.2) is 9.97 Å². The van der Waals surface area contributed by atoms with Gasteiger partial charge in [0.1, 0.15) is 6.33 Å². The first-order valence-electron chi connectivity index (χ1n) is 7.20. The number of hydrogen-bond donors (Lipinski definition) is 2. The first kappa shape index (κ1) is 15.4. The highest BCUT2D eigenvalue weighted by Crippen LogP contribution is 2.34. The molecule has 116 valence electrons. The number of nitrogens with zero attached hydrogens (tertiary/aromatic N) is 4. The number of aliphatic hydroxyl groups excluding tert-OH is 1. The SMILES string of the molecule is CCNc1ncnc(N2CCC(C(C)O)CC2)c1[N+](=O)[O-]. The third kappa shape index (κ3) is 3.38. The smallest absolute Gasteiger partial charge is 0.353 e. The van der Waals surface area contributed by atoms with E-state index in [0.29, 0.717) is 25.5 Å². The van der Waals surface area contributed by atoms with E-state index in [1.807, 2.05) is 11.8 Å². The van der Waals surface area contributed by atoms with Gasteiger partial charge in [-0.15, -0.1) is 0 Å². The Bertz CT molecular complexity index is 501. The van der Waals surface area contributed by atoms with E-state index in [2.05, 4.69) is 15.3 Å². The first-order chi connectivity index (χ1) is 10.0. The number of nitrogens with one attached hydrogen (secondary N) is 1. The molecule has 1 aliphatic heterocycles. The summed E-state index contributed by atoms with van der Waals surface area (Å²) in [6.45, 7) is 5.51. The van der Waals surface area contributed by atoms with Gasteiger partial charge in [0.15, 0.2) is 0 Å². The van der Waals surface area contributed by atoms with E-state index in [0.717, 1.165) is 12.8 Å². The predicted octanol–water partition coefficient (Wildman–Crippen LogP) is 1.41. The number of piperidine rings is 1. The molecule has 0 amide bonds. The van der Waals surface area contributed by atoms with E-state index >= 15 is 0 Å². The molecule has 1 aromatic heterocycles. The molecule has 2 N–H and O–H groups in total. The van der Waals surface area contributed by atoms with E-state index in [4.69, 9.17) is 0 Å². The molecule has 1 saturated heterocycles. The van der Waals surface area contributed by atoms with Crippen molar-refractivity contribution in [2.45, 2.75) is 32.8 Å². The summed E-state index contributed by atoms with van der Waals surface area (Å²) in [5, 5.41) is 23.9. The third-order valence-electron chi connectivity index (χ3n) is 3.85. The van der Waals surface area contributed by atoms with Crippen LogP contribution in [-0.2, 0) is 0 Å². The first-order valence-corrected chi connectivity index (χ1v) is 7.20. The maximum Gasteiger partial charge on any atom is 0.353 e. The van der Waals surface area contributed by atoms with Gasteiger partial charge in [0.2, 0.25) is 11.6 Å². The molecule has 0 aliphatic carbocycles. The van der Waals surface area contributed by atoms with Gasteiger partial charge in [-0.3, -0.25) is 10.1 Å². The molecule has 1 fully saturated rings. The van der Waals surface area contributed by atoms with Crippen molar-refractivity contribution < 1.29 is 10.0 Å². The second kappa shape index (κ2) is 6.66. The van der Waals surface area contributed by atoms with Crippen LogP contribution in [0.2, 0.25) is 0 Å². The van der Waals surface area contributed by atoms with Crippen molar-refractivity contribution in [2.24, 2.45) is 5.92 Å². The number of aliphatic hydroxyl groups is 1. The Labute approximate surface area is 123 Å². The molecule has 0 radical (unpaired) electrons. The average molecular weight is 295 g/mol. The zero-order chi connectivity index (χ0) is 15.4. The number of anilines is 2. The Morgan fingerprint density at radius 3 is 2.71 bits per heavy atom.